The van der Waals surface area contributed by atoms with Crippen molar-refractivity contribution in [2.45, 2.75) is 25.4 Å². The first-order valence-corrected chi connectivity index (χ1v) is 6.21. The van der Waals surface area contributed by atoms with E-state index in [1.165, 1.54) is 5.56 Å². The molecule has 1 heterocycles. The maximum Gasteiger partial charge on any atom is 0.296 e. The van der Waals surface area contributed by atoms with E-state index in [2.05, 4.69) is 41.2 Å². The molecular formula is C15H18N2O. The molecule has 1 saturated heterocycles. The zero-order valence-corrected chi connectivity index (χ0v) is 10.8. The summed E-state index contributed by atoms with van der Waals surface area (Å²) < 4.78 is 0. The Bertz CT molecular complexity index is 472. The van der Waals surface area contributed by atoms with Gasteiger partial charge in [0.25, 0.3) is 5.91 Å². The Labute approximate surface area is 108 Å². The first-order valence-electron chi connectivity index (χ1n) is 6.21. The summed E-state index contributed by atoms with van der Waals surface area (Å²) in [6, 6.07) is 10.7. The van der Waals surface area contributed by atoms with Crippen molar-refractivity contribution in [3.63, 3.8) is 0 Å². The Morgan fingerprint density at radius 1 is 1.39 bits per heavy atom. The highest BCUT2D eigenvalue weighted by atomic mass is 16.1. The van der Waals surface area contributed by atoms with Gasteiger partial charge in [-0.05, 0) is 31.9 Å². The minimum atomic E-state index is -0.182. The molecule has 0 spiro atoms. The molecule has 0 radical (unpaired) electrons. The molecule has 3 nitrogen and oxygen atoms in total. The van der Waals surface area contributed by atoms with E-state index >= 15 is 0 Å². The van der Waals surface area contributed by atoms with Crippen LogP contribution in [0.3, 0.4) is 0 Å². The molecule has 0 unspecified atom stereocenters. The van der Waals surface area contributed by atoms with Crippen molar-refractivity contribution in [2.24, 2.45) is 0 Å². The van der Waals surface area contributed by atoms with Gasteiger partial charge >= 0.3 is 0 Å². The van der Waals surface area contributed by atoms with Gasteiger partial charge in [-0.1, -0.05) is 36.3 Å². The molecule has 1 aliphatic rings. The fourth-order valence-electron chi connectivity index (χ4n) is 2.55. The SMILES string of the molecule is CC#CC(=O)N[C@@H]1CCN(C)[C@H]1c1ccccc1. The minimum absolute atomic E-state index is 0.144. The molecule has 1 aliphatic heterocycles. The molecule has 3 heteroatoms. The highest BCUT2D eigenvalue weighted by Crippen LogP contribution is 2.30. The van der Waals surface area contributed by atoms with Crippen molar-refractivity contribution in [1.82, 2.24) is 10.2 Å². The van der Waals surface area contributed by atoms with Crippen LogP contribution in [0.25, 0.3) is 0 Å². The first-order chi connectivity index (χ1) is 8.72. The van der Waals surface area contributed by atoms with Crippen LogP contribution in [0.1, 0.15) is 24.9 Å². The molecule has 1 N–H and O–H groups in total. The van der Waals surface area contributed by atoms with Gasteiger partial charge in [-0.3, -0.25) is 9.69 Å². The molecule has 0 aliphatic carbocycles. The number of hydrogen-bond donors (Lipinski definition) is 1. The van der Waals surface area contributed by atoms with Crippen molar-refractivity contribution in [3.05, 3.63) is 35.9 Å². The quantitative estimate of drug-likeness (QED) is 0.798. The lowest BCUT2D eigenvalue weighted by Gasteiger charge is -2.25. The molecule has 94 valence electrons. The molecule has 1 aromatic rings. The molecule has 0 bridgehead atoms. The van der Waals surface area contributed by atoms with Crippen LogP contribution in [-0.4, -0.2) is 30.4 Å². The standard InChI is InChI=1S/C15H18N2O/c1-3-7-14(18)16-13-10-11-17(2)15(13)12-8-5-4-6-9-12/h4-6,8-9,13,15H,10-11H2,1-2H3,(H,16,18)/t13-,15+/m1/s1. The lowest BCUT2D eigenvalue weighted by Crippen LogP contribution is -2.38. The Hall–Kier alpha value is -1.79. The van der Waals surface area contributed by atoms with Gasteiger partial charge in [-0.25, -0.2) is 0 Å². The number of likely N-dealkylation sites (tertiary alicyclic amines) is 1. The van der Waals surface area contributed by atoms with Gasteiger partial charge in [0.2, 0.25) is 0 Å². The molecule has 1 fully saturated rings. The monoisotopic (exact) mass is 242 g/mol. The third-order valence-corrected chi connectivity index (χ3v) is 3.34. The lowest BCUT2D eigenvalue weighted by atomic mass is 10.0. The highest BCUT2D eigenvalue weighted by molar-refractivity contribution is 5.93. The molecule has 2 atom stereocenters. The summed E-state index contributed by atoms with van der Waals surface area (Å²) in [5.74, 6) is 4.99. The summed E-state index contributed by atoms with van der Waals surface area (Å²) in [5.41, 5.74) is 1.24. The minimum Gasteiger partial charge on any atom is -0.341 e. The van der Waals surface area contributed by atoms with Gasteiger partial charge in [0.05, 0.1) is 12.1 Å². The second-order valence-corrected chi connectivity index (χ2v) is 4.58. The normalized spacial score (nSPS) is 23.2. The van der Waals surface area contributed by atoms with E-state index < -0.39 is 0 Å². The van der Waals surface area contributed by atoms with Crippen LogP contribution >= 0.6 is 0 Å². The van der Waals surface area contributed by atoms with E-state index in [1.54, 1.807) is 6.92 Å². The predicted octanol–water partition coefficient (Wildman–Crippen LogP) is 1.57. The number of hydrogen-bond acceptors (Lipinski definition) is 2. The largest absolute Gasteiger partial charge is 0.341 e. The van der Waals surface area contributed by atoms with Gasteiger partial charge in [0.1, 0.15) is 0 Å². The van der Waals surface area contributed by atoms with Gasteiger partial charge in [-0.15, -0.1) is 0 Å². The van der Waals surface area contributed by atoms with Crippen molar-refractivity contribution in [1.29, 1.82) is 0 Å². The fraction of sp³-hybridized carbons (Fsp3) is 0.400. The summed E-state index contributed by atoms with van der Waals surface area (Å²) in [5, 5.41) is 3.00. The maximum atomic E-state index is 11.6. The number of nitrogens with one attached hydrogen (secondary N) is 1. The topological polar surface area (TPSA) is 32.3 Å². The lowest BCUT2D eigenvalue weighted by molar-refractivity contribution is -0.116. The fourth-order valence-corrected chi connectivity index (χ4v) is 2.55. The van der Waals surface area contributed by atoms with Crippen LogP contribution in [-0.2, 0) is 4.79 Å². The van der Waals surface area contributed by atoms with E-state index in [9.17, 15) is 4.79 Å². The Morgan fingerprint density at radius 3 is 2.78 bits per heavy atom. The summed E-state index contributed by atoms with van der Waals surface area (Å²) in [6.07, 6.45) is 0.965. The summed E-state index contributed by atoms with van der Waals surface area (Å²) in [4.78, 5) is 13.9. The van der Waals surface area contributed by atoms with E-state index in [-0.39, 0.29) is 18.0 Å². The third-order valence-electron chi connectivity index (χ3n) is 3.34. The number of rotatable bonds is 2. The number of nitrogens with zero attached hydrogens (tertiary/aromatic N) is 1. The van der Waals surface area contributed by atoms with Gasteiger partial charge in [0, 0.05) is 6.54 Å². The average Bonchev–Trinajstić information content (AvgIpc) is 2.72. The van der Waals surface area contributed by atoms with Gasteiger partial charge in [-0.2, -0.15) is 0 Å². The third kappa shape index (κ3) is 2.72. The highest BCUT2D eigenvalue weighted by Gasteiger charge is 2.33. The van der Waals surface area contributed by atoms with Crippen LogP contribution < -0.4 is 5.32 Å². The molecule has 0 saturated carbocycles. The van der Waals surface area contributed by atoms with Crippen LogP contribution in [0.2, 0.25) is 0 Å². The zero-order valence-electron chi connectivity index (χ0n) is 10.8. The van der Waals surface area contributed by atoms with Crippen LogP contribution in [0.5, 0.6) is 0 Å². The van der Waals surface area contributed by atoms with E-state index in [0.29, 0.717) is 0 Å². The van der Waals surface area contributed by atoms with Crippen molar-refractivity contribution in [2.75, 3.05) is 13.6 Å². The van der Waals surface area contributed by atoms with Crippen molar-refractivity contribution >= 4 is 5.91 Å². The van der Waals surface area contributed by atoms with Crippen molar-refractivity contribution < 1.29 is 4.79 Å². The second-order valence-electron chi connectivity index (χ2n) is 4.58. The molecule has 2 rings (SSSR count). The maximum absolute atomic E-state index is 11.6. The van der Waals surface area contributed by atoms with E-state index in [1.807, 2.05) is 18.2 Å². The average molecular weight is 242 g/mol. The number of amides is 1. The second kappa shape index (κ2) is 5.70. The number of likely N-dealkylation sites (N-methyl/N-ethyl adjacent to an activating group) is 1. The first kappa shape index (κ1) is 12.7. The number of benzene rings is 1. The summed E-state index contributed by atoms with van der Waals surface area (Å²) in [6.45, 7) is 2.67. The Kier molecular flexibility index (Phi) is 4.01. The predicted molar refractivity (Wildman–Crippen MR) is 71.8 cm³/mol. The molecule has 1 amide bonds. The Morgan fingerprint density at radius 2 is 2.11 bits per heavy atom. The Balaban J connectivity index is 2.15. The van der Waals surface area contributed by atoms with Crippen LogP contribution in [0.4, 0.5) is 0 Å². The van der Waals surface area contributed by atoms with Crippen LogP contribution in [0.15, 0.2) is 30.3 Å². The van der Waals surface area contributed by atoms with Crippen LogP contribution in [0, 0.1) is 11.8 Å². The molecule has 0 aromatic heterocycles. The van der Waals surface area contributed by atoms with Crippen molar-refractivity contribution in [3.8, 4) is 11.8 Å². The summed E-state index contributed by atoms with van der Waals surface area (Å²) >= 11 is 0. The number of carbonyl (C=O) groups excluding carboxylic acids is 1. The zero-order chi connectivity index (χ0) is 13.0. The molecular weight excluding hydrogens is 224 g/mol. The smallest absolute Gasteiger partial charge is 0.296 e. The summed E-state index contributed by atoms with van der Waals surface area (Å²) in [7, 11) is 2.09. The molecule has 1 aromatic carbocycles. The molecule has 18 heavy (non-hydrogen) atoms. The van der Waals surface area contributed by atoms with E-state index in [4.69, 9.17) is 0 Å². The van der Waals surface area contributed by atoms with E-state index in [0.717, 1.165) is 13.0 Å². The van der Waals surface area contributed by atoms with Gasteiger partial charge in [0.15, 0.2) is 0 Å². The van der Waals surface area contributed by atoms with Gasteiger partial charge < -0.3 is 5.32 Å². The number of carbonyl (C=O) groups is 1.